The third kappa shape index (κ3) is 3.97. The van der Waals surface area contributed by atoms with Crippen LogP contribution in [-0.2, 0) is 16.5 Å². The fourth-order valence-electron chi connectivity index (χ4n) is 6.61. The molecule has 0 unspecified atom stereocenters. The Kier molecular flexibility index (Phi) is 6.20. The van der Waals surface area contributed by atoms with Gasteiger partial charge in [0.2, 0.25) is 0 Å². The molecule has 5 aromatic rings. The molecular formula is C38H35BNO2. The second-order valence-corrected chi connectivity index (χ2v) is 12.5. The SMILES string of the molecule is CC(C)(O)C(C)(C)O[B]c1ccc2c(c1)N(c1ccccc1)c1ccccc1C21c2ccccc2Cc2ccccc21. The summed E-state index contributed by atoms with van der Waals surface area (Å²) < 4.78 is 6.24. The van der Waals surface area contributed by atoms with Gasteiger partial charge in [-0.25, -0.2) is 0 Å². The molecule has 1 aliphatic carbocycles. The summed E-state index contributed by atoms with van der Waals surface area (Å²) in [6.07, 6.45) is 0.916. The van der Waals surface area contributed by atoms with Crippen LogP contribution < -0.4 is 10.4 Å². The van der Waals surface area contributed by atoms with Crippen LogP contribution in [0.4, 0.5) is 17.1 Å². The largest absolute Gasteiger partial charge is 0.427 e. The van der Waals surface area contributed by atoms with Crippen molar-refractivity contribution >= 4 is 30.0 Å². The van der Waals surface area contributed by atoms with Crippen molar-refractivity contribution in [3.05, 3.63) is 155 Å². The van der Waals surface area contributed by atoms with E-state index < -0.39 is 16.6 Å². The first-order valence-electron chi connectivity index (χ1n) is 14.7. The number of nitrogens with zero attached hydrogens (tertiary/aromatic N) is 1. The van der Waals surface area contributed by atoms with Crippen LogP contribution in [0.3, 0.4) is 0 Å². The lowest BCUT2D eigenvalue weighted by molar-refractivity contribution is -0.0893. The van der Waals surface area contributed by atoms with Crippen molar-refractivity contribution in [2.24, 2.45) is 0 Å². The number of hydrogen-bond donors (Lipinski definition) is 1. The van der Waals surface area contributed by atoms with Crippen LogP contribution in [0.15, 0.2) is 121 Å². The van der Waals surface area contributed by atoms with E-state index in [9.17, 15) is 5.11 Å². The Morgan fingerprint density at radius 3 is 1.83 bits per heavy atom. The van der Waals surface area contributed by atoms with Crippen LogP contribution in [0.2, 0.25) is 0 Å². The smallest absolute Gasteiger partial charge is 0.330 e. The molecule has 0 aromatic heterocycles. The maximum absolute atomic E-state index is 10.7. The molecule has 4 heteroatoms. The van der Waals surface area contributed by atoms with Crippen LogP contribution >= 0.6 is 0 Å². The molecule has 0 bridgehead atoms. The van der Waals surface area contributed by atoms with Crippen LogP contribution in [0.25, 0.3) is 0 Å². The Balaban J connectivity index is 1.52. The van der Waals surface area contributed by atoms with Gasteiger partial charge in [0.1, 0.15) is 0 Å². The fourth-order valence-corrected chi connectivity index (χ4v) is 6.61. The number of anilines is 3. The fraction of sp³-hybridized carbons (Fsp3) is 0.211. The standard InChI is InChI=1S/C38H35BNO2/c1-36(2,41)37(3,4)42-39-28-22-23-33-35(25-28)40(29-16-6-5-7-17-29)34-21-13-12-20-32(34)38(33)30-18-10-8-14-26(30)24-27-15-9-11-19-31(27)38/h5-23,25,41H,24H2,1-4H3. The van der Waals surface area contributed by atoms with Crippen molar-refractivity contribution in [3.63, 3.8) is 0 Å². The molecule has 0 fully saturated rings. The summed E-state index contributed by atoms with van der Waals surface area (Å²) in [5.74, 6) is 0. The molecule has 0 saturated carbocycles. The van der Waals surface area contributed by atoms with Gasteiger partial charge in [-0.3, -0.25) is 0 Å². The number of hydrogen-bond acceptors (Lipinski definition) is 3. The minimum Gasteiger partial charge on any atom is -0.427 e. The van der Waals surface area contributed by atoms with E-state index in [4.69, 9.17) is 4.65 Å². The zero-order valence-corrected chi connectivity index (χ0v) is 24.6. The second-order valence-electron chi connectivity index (χ2n) is 12.5. The number of fused-ring (bicyclic) bond motifs is 8. The first kappa shape index (κ1) is 26.8. The molecule has 0 atom stereocenters. The summed E-state index contributed by atoms with van der Waals surface area (Å²) in [5, 5.41) is 10.7. The Bertz CT molecular complexity index is 1740. The molecule has 5 aromatic carbocycles. The van der Waals surface area contributed by atoms with Crippen LogP contribution in [0, 0.1) is 0 Å². The molecule has 1 aliphatic heterocycles. The minimum atomic E-state index is -1.01. The average molecular weight is 549 g/mol. The van der Waals surface area contributed by atoms with Gasteiger partial charge in [-0.1, -0.05) is 103 Å². The predicted octanol–water partition coefficient (Wildman–Crippen LogP) is 7.57. The van der Waals surface area contributed by atoms with E-state index in [1.807, 2.05) is 13.8 Å². The lowest BCUT2D eigenvalue weighted by Crippen LogP contribution is -2.49. The topological polar surface area (TPSA) is 32.7 Å². The van der Waals surface area contributed by atoms with Crippen molar-refractivity contribution in [3.8, 4) is 0 Å². The van der Waals surface area contributed by atoms with Crippen molar-refractivity contribution in [2.75, 3.05) is 4.90 Å². The quantitative estimate of drug-likeness (QED) is 0.225. The highest BCUT2D eigenvalue weighted by Crippen LogP contribution is 2.59. The van der Waals surface area contributed by atoms with Gasteiger partial charge in [-0.2, -0.15) is 0 Å². The van der Waals surface area contributed by atoms with Crippen molar-refractivity contribution in [2.45, 2.75) is 50.7 Å². The maximum Gasteiger partial charge on any atom is 0.330 e. The molecule has 207 valence electrons. The van der Waals surface area contributed by atoms with E-state index in [0.29, 0.717) is 0 Å². The number of rotatable bonds is 5. The molecule has 1 N–H and O–H groups in total. The highest BCUT2D eigenvalue weighted by molar-refractivity contribution is 6.47. The zero-order valence-electron chi connectivity index (χ0n) is 24.6. The van der Waals surface area contributed by atoms with Gasteiger partial charge in [0.25, 0.3) is 0 Å². The van der Waals surface area contributed by atoms with E-state index in [1.165, 1.54) is 33.4 Å². The second kappa shape index (κ2) is 9.73. The van der Waals surface area contributed by atoms with Crippen molar-refractivity contribution < 1.29 is 9.76 Å². The Hall–Kier alpha value is -4.12. The number of benzene rings is 5. The zero-order chi connectivity index (χ0) is 29.1. The van der Waals surface area contributed by atoms with Gasteiger partial charge in [0.15, 0.2) is 0 Å². The van der Waals surface area contributed by atoms with E-state index >= 15 is 0 Å². The third-order valence-corrected chi connectivity index (χ3v) is 9.42. The summed E-state index contributed by atoms with van der Waals surface area (Å²) >= 11 is 0. The number of aliphatic hydroxyl groups is 1. The monoisotopic (exact) mass is 548 g/mol. The van der Waals surface area contributed by atoms with Gasteiger partial charge < -0.3 is 14.7 Å². The van der Waals surface area contributed by atoms with Gasteiger partial charge in [-0.15, -0.1) is 0 Å². The molecule has 0 amide bonds. The summed E-state index contributed by atoms with van der Waals surface area (Å²) in [4.78, 5) is 2.38. The number of para-hydroxylation sites is 2. The summed E-state index contributed by atoms with van der Waals surface area (Å²) in [7, 11) is 1.79. The van der Waals surface area contributed by atoms with Crippen molar-refractivity contribution in [1.82, 2.24) is 0 Å². The highest BCUT2D eigenvalue weighted by atomic mass is 16.5. The lowest BCUT2D eigenvalue weighted by Gasteiger charge is -2.49. The lowest BCUT2D eigenvalue weighted by atomic mass is 9.57. The Morgan fingerprint density at radius 1 is 0.643 bits per heavy atom. The third-order valence-electron chi connectivity index (χ3n) is 9.42. The predicted molar refractivity (Wildman–Crippen MR) is 173 cm³/mol. The van der Waals surface area contributed by atoms with Gasteiger partial charge in [-0.05, 0) is 91.8 Å². The van der Waals surface area contributed by atoms with Crippen molar-refractivity contribution in [1.29, 1.82) is 0 Å². The molecule has 42 heavy (non-hydrogen) atoms. The first-order valence-corrected chi connectivity index (χ1v) is 14.7. The molecule has 7 rings (SSSR count). The van der Waals surface area contributed by atoms with Gasteiger partial charge in [0, 0.05) is 5.69 Å². The Labute approximate surface area is 249 Å². The van der Waals surface area contributed by atoms with E-state index in [0.717, 1.165) is 28.9 Å². The summed E-state index contributed by atoms with van der Waals surface area (Å²) in [5.41, 5.74) is 9.97. The van der Waals surface area contributed by atoms with Crippen LogP contribution in [0.1, 0.15) is 61.1 Å². The van der Waals surface area contributed by atoms with E-state index in [1.54, 1.807) is 21.3 Å². The van der Waals surface area contributed by atoms with E-state index in [2.05, 4.69) is 126 Å². The van der Waals surface area contributed by atoms with Gasteiger partial charge in [0.05, 0.1) is 28.0 Å². The van der Waals surface area contributed by atoms with E-state index in [-0.39, 0.29) is 0 Å². The minimum absolute atomic E-state index is 0.478. The molecule has 1 heterocycles. The van der Waals surface area contributed by atoms with Gasteiger partial charge >= 0.3 is 7.48 Å². The summed E-state index contributed by atoms with van der Waals surface area (Å²) in [6, 6.07) is 44.0. The Morgan fingerprint density at radius 2 is 1.19 bits per heavy atom. The molecule has 0 saturated heterocycles. The molecule has 1 spiro atoms. The molecule has 1 radical (unpaired) electrons. The summed E-state index contributed by atoms with van der Waals surface area (Å²) in [6.45, 7) is 7.39. The van der Waals surface area contributed by atoms with Crippen LogP contribution in [0.5, 0.6) is 0 Å². The molecule has 3 nitrogen and oxygen atoms in total. The normalized spacial score (nSPS) is 14.9. The molecular weight excluding hydrogens is 513 g/mol. The highest BCUT2D eigenvalue weighted by Gasteiger charge is 2.49. The average Bonchev–Trinajstić information content (AvgIpc) is 3.00. The maximum atomic E-state index is 10.7. The molecule has 2 aliphatic rings. The van der Waals surface area contributed by atoms with Crippen LogP contribution in [-0.4, -0.2) is 23.8 Å². The first-order chi connectivity index (χ1) is 20.2.